The van der Waals surface area contributed by atoms with Crippen LogP contribution in [0.3, 0.4) is 0 Å². The van der Waals surface area contributed by atoms with E-state index in [1.807, 2.05) is 49.7 Å². The Bertz CT molecular complexity index is 1630. The number of aromatic nitrogens is 2. The van der Waals surface area contributed by atoms with Crippen LogP contribution in [0.5, 0.6) is 11.5 Å². The summed E-state index contributed by atoms with van der Waals surface area (Å²) < 4.78 is 17.3. The molecule has 0 radical (unpaired) electrons. The monoisotopic (exact) mass is 600 g/mol. The van der Waals surface area contributed by atoms with Crippen LogP contribution in [0.25, 0.3) is 16.6 Å². The number of rotatable bonds is 8. The zero-order valence-electron chi connectivity index (χ0n) is 24.8. The van der Waals surface area contributed by atoms with Crippen LogP contribution in [0.2, 0.25) is 5.02 Å². The Balaban J connectivity index is 1.14. The van der Waals surface area contributed by atoms with Gasteiger partial charge in [-0.1, -0.05) is 29.8 Å². The topological polar surface area (TPSA) is 79.9 Å². The first-order chi connectivity index (χ1) is 20.8. The van der Waals surface area contributed by atoms with Gasteiger partial charge in [-0.15, -0.1) is 0 Å². The third-order valence-corrected chi connectivity index (χ3v) is 9.21. The second kappa shape index (κ2) is 12.4. The molecule has 1 fully saturated rings. The van der Waals surface area contributed by atoms with Crippen LogP contribution in [-0.4, -0.2) is 73.4 Å². The molecule has 2 aromatic carbocycles. The van der Waals surface area contributed by atoms with Gasteiger partial charge in [0, 0.05) is 74.1 Å². The third kappa shape index (κ3) is 6.27. The van der Waals surface area contributed by atoms with Crippen LogP contribution < -0.4 is 9.64 Å². The lowest BCUT2D eigenvalue weighted by atomic mass is 9.75. The summed E-state index contributed by atoms with van der Waals surface area (Å²) in [6.07, 6.45) is 7.66. The maximum absolute atomic E-state index is 12.6. The number of nitrogens with one attached hydrogen (secondary N) is 1. The predicted molar refractivity (Wildman–Crippen MR) is 170 cm³/mol. The van der Waals surface area contributed by atoms with Crippen molar-refractivity contribution < 1.29 is 19.0 Å². The van der Waals surface area contributed by atoms with Crippen LogP contribution >= 0.6 is 11.6 Å². The lowest BCUT2D eigenvalue weighted by Crippen LogP contribution is -2.51. The van der Waals surface area contributed by atoms with E-state index in [4.69, 9.17) is 25.8 Å². The second-order valence-corrected chi connectivity index (χ2v) is 11.9. The zero-order chi connectivity index (χ0) is 30.0. The van der Waals surface area contributed by atoms with Gasteiger partial charge in [-0.3, -0.25) is 4.90 Å². The summed E-state index contributed by atoms with van der Waals surface area (Å²) in [7, 11) is 3.21. The highest BCUT2D eigenvalue weighted by Crippen LogP contribution is 2.40. The van der Waals surface area contributed by atoms with Gasteiger partial charge in [-0.05, 0) is 67.3 Å². The number of carbonyl (C=O) groups is 1. The first-order valence-electron chi connectivity index (χ1n) is 14.7. The van der Waals surface area contributed by atoms with Gasteiger partial charge >= 0.3 is 5.97 Å². The maximum atomic E-state index is 12.6. The highest BCUT2D eigenvalue weighted by atomic mass is 35.5. The molecule has 0 bridgehead atoms. The molecule has 43 heavy (non-hydrogen) atoms. The molecule has 1 aliphatic carbocycles. The Morgan fingerprint density at radius 1 is 1.07 bits per heavy atom. The number of benzene rings is 2. The molecule has 0 amide bonds. The van der Waals surface area contributed by atoms with Crippen LogP contribution in [0.15, 0.2) is 73.1 Å². The summed E-state index contributed by atoms with van der Waals surface area (Å²) in [5.41, 5.74) is 4.54. The van der Waals surface area contributed by atoms with Crippen LogP contribution in [0.1, 0.15) is 35.7 Å². The fourth-order valence-corrected chi connectivity index (χ4v) is 6.26. The van der Waals surface area contributed by atoms with Gasteiger partial charge in [0.25, 0.3) is 0 Å². The van der Waals surface area contributed by atoms with Gasteiger partial charge in [-0.25, -0.2) is 9.78 Å². The molecule has 2 unspecified atom stereocenters. The molecule has 3 heterocycles. The number of fused-ring (bicyclic) bond motifs is 1. The van der Waals surface area contributed by atoms with E-state index >= 15 is 0 Å². The highest BCUT2D eigenvalue weighted by Gasteiger charge is 2.38. The molecule has 2 atom stereocenters. The number of esters is 1. The largest absolute Gasteiger partial charge is 0.465 e. The van der Waals surface area contributed by atoms with Crippen LogP contribution in [-0.2, 0) is 9.47 Å². The van der Waals surface area contributed by atoms with Crippen molar-refractivity contribution in [1.82, 2.24) is 14.9 Å². The number of methoxy groups -OCH3 is 2. The second-order valence-electron chi connectivity index (χ2n) is 11.5. The number of anilines is 1. The first-order valence-corrected chi connectivity index (χ1v) is 15.0. The average molecular weight is 601 g/mol. The Labute approximate surface area is 257 Å². The van der Waals surface area contributed by atoms with Crippen molar-refractivity contribution in [2.24, 2.45) is 5.92 Å². The van der Waals surface area contributed by atoms with E-state index in [1.54, 1.807) is 12.3 Å². The molecule has 8 nitrogen and oxygen atoms in total. The summed E-state index contributed by atoms with van der Waals surface area (Å²) >= 11 is 6.14. The van der Waals surface area contributed by atoms with Gasteiger partial charge in [0.2, 0.25) is 0 Å². The number of hydrogen-bond donors (Lipinski definition) is 1. The number of allylic oxidation sites excluding steroid dienone is 1. The van der Waals surface area contributed by atoms with Crippen LogP contribution in [0.4, 0.5) is 5.69 Å². The standard InChI is InChI=1S/C34H37ClN4O4/c1-34(42-3)12-10-24(23-4-6-27(35)7-5-23)18-26(34)22-38-14-16-39(17-15-38)28-8-9-30(33(40)41-2)31(20-28)43-29-19-25-11-13-36-32(25)37-21-29/h4-11,13,19-21,26H,12,14-18,22H2,1-3H3,(H,36,37). The molecule has 1 N–H and O–H groups in total. The molecule has 2 aromatic heterocycles. The third-order valence-electron chi connectivity index (χ3n) is 8.95. The fourth-order valence-electron chi connectivity index (χ4n) is 6.14. The van der Waals surface area contributed by atoms with Crippen molar-refractivity contribution in [3.63, 3.8) is 0 Å². The first kappa shape index (κ1) is 29.2. The predicted octanol–water partition coefficient (Wildman–Crippen LogP) is 6.82. The average Bonchev–Trinajstić information content (AvgIpc) is 3.51. The molecule has 9 heteroatoms. The molecule has 224 valence electrons. The van der Waals surface area contributed by atoms with E-state index in [2.05, 4.69) is 44.9 Å². The van der Waals surface area contributed by atoms with E-state index in [0.717, 1.165) is 67.3 Å². The number of ether oxygens (including phenoxy) is 3. The Kier molecular flexibility index (Phi) is 8.43. The number of carbonyl (C=O) groups excluding carboxylic acids is 1. The summed E-state index contributed by atoms with van der Waals surface area (Å²) in [5.74, 6) is 0.927. The Morgan fingerprint density at radius 3 is 2.60 bits per heavy atom. The minimum Gasteiger partial charge on any atom is -0.465 e. The SMILES string of the molecule is COC(=O)c1ccc(N2CCN(CC3CC(c4ccc(Cl)cc4)=CCC3(C)OC)CC2)cc1Oc1cnc2[nH]ccc2c1. The molecule has 0 saturated carbocycles. The number of nitrogens with zero attached hydrogens (tertiary/aromatic N) is 3. The molecule has 0 spiro atoms. The van der Waals surface area contributed by atoms with Crippen molar-refractivity contribution in [1.29, 1.82) is 0 Å². The number of halogens is 1. The van der Waals surface area contributed by atoms with Gasteiger partial charge in [0.1, 0.15) is 22.7 Å². The van der Waals surface area contributed by atoms with Gasteiger partial charge in [-0.2, -0.15) is 0 Å². The number of hydrogen-bond acceptors (Lipinski definition) is 7. The molecule has 6 rings (SSSR count). The lowest BCUT2D eigenvalue weighted by Gasteiger charge is -2.44. The molecule has 1 saturated heterocycles. The number of pyridine rings is 1. The summed E-state index contributed by atoms with van der Waals surface area (Å²) in [5, 5.41) is 1.69. The van der Waals surface area contributed by atoms with E-state index in [1.165, 1.54) is 18.2 Å². The van der Waals surface area contributed by atoms with Crippen LogP contribution in [0, 0.1) is 5.92 Å². The molecule has 4 aromatic rings. The van der Waals surface area contributed by atoms with Crippen molar-refractivity contribution in [3.8, 4) is 11.5 Å². The molecular formula is C34H37ClN4O4. The fraction of sp³-hybridized carbons (Fsp3) is 0.353. The van der Waals surface area contributed by atoms with E-state index < -0.39 is 5.97 Å². The molecule has 2 aliphatic rings. The van der Waals surface area contributed by atoms with E-state index in [-0.39, 0.29) is 5.60 Å². The van der Waals surface area contributed by atoms with Gasteiger partial charge in [0.05, 0.1) is 18.9 Å². The number of H-pyrrole nitrogens is 1. The minimum absolute atomic E-state index is 0.207. The zero-order valence-corrected chi connectivity index (χ0v) is 25.6. The maximum Gasteiger partial charge on any atom is 0.341 e. The highest BCUT2D eigenvalue weighted by molar-refractivity contribution is 6.30. The number of aromatic amines is 1. The molecular weight excluding hydrogens is 564 g/mol. The van der Waals surface area contributed by atoms with Crippen molar-refractivity contribution in [2.45, 2.75) is 25.4 Å². The van der Waals surface area contributed by atoms with E-state index in [0.29, 0.717) is 23.0 Å². The lowest BCUT2D eigenvalue weighted by molar-refractivity contribution is -0.0532. The summed E-state index contributed by atoms with van der Waals surface area (Å²) in [6.45, 7) is 6.79. The minimum atomic E-state index is -0.442. The van der Waals surface area contributed by atoms with Crippen molar-refractivity contribution >= 4 is 39.9 Å². The Morgan fingerprint density at radius 2 is 1.86 bits per heavy atom. The summed E-state index contributed by atoms with van der Waals surface area (Å²) in [6, 6.07) is 17.6. The Hall–Kier alpha value is -3.85. The quantitative estimate of drug-likeness (QED) is 0.222. The normalized spacial score (nSPS) is 21.1. The smallest absolute Gasteiger partial charge is 0.341 e. The van der Waals surface area contributed by atoms with E-state index in [9.17, 15) is 4.79 Å². The molecule has 1 aliphatic heterocycles. The number of piperazine rings is 1. The van der Waals surface area contributed by atoms with Gasteiger partial charge < -0.3 is 24.1 Å². The van der Waals surface area contributed by atoms with Crippen molar-refractivity contribution in [3.05, 3.63) is 89.2 Å². The van der Waals surface area contributed by atoms with Crippen molar-refractivity contribution in [2.75, 3.05) is 51.8 Å². The van der Waals surface area contributed by atoms with Gasteiger partial charge in [0.15, 0.2) is 0 Å². The summed E-state index contributed by atoms with van der Waals surface area (Å²) in [4.78, 5) is 24.9.